The molecule has 0 bridgehead atoms. The zero-order valence-electron chi connectivity index (χ0n) is 10.0. The van der Waals surface area contributed by atoms with Crippen molar-refractivity contribution in [2.24, 2.45) is 0 Å². The molecule has 0 radical (unpaired) electrons. The van der Waals surface area contributed by atoms with Crippen molar-refractivity contribution in [1.82, 2.24) is 15.3 Å². The lowest BCUT2D eigenvalue weighted by Crippen LogP contribution is -2.12. The van der Waals surface area contributed by atoms with Crippen LogP contribution >= 0.6 is 11.3 Å². The molecule has 0 spiro atoms. The van der Waals surface area contributed by atoms with Gasteiger partial charge >= 0.3 is 0 Å². The number of fused-ring (bicyclic) bond motifs is 1. The zero-order valence-corrected chi connectivity index (χ0v) is 10.9. The molecule has 4 heteroatoms. The molecular weight excluding hydrogens is 230 g/mol. The fraction of sp³-hybridized carbons (Fsp3) is 0.462. The van der Waals surface area contributed by atoms with Crippen LogP contribution in [0.1, 0.15) is 33.1 Å². The van der Waals surface area contributed by atoms with E-state index in [1.807, 2.05) is 11.3 Å². The summed E-state index contributed by atoms with van der Waals surface area (Å²) in [6.07, 6.45) is 5.68. The van der Waals surface area contributed by atoms with Gasteiger partial charge in [0, 0.05) is 28.5 Å². The SMILES string of the molecule is Cc1[nH]cnc1CNCc1cc2c(s1)CCC2. The number of nitrogens with zero attached hydrogens (tertiary/aromatic N) is 1. The Morgan fingerprint density at radius 2 is 2.35 bits per heavy atom. The van der Waals surface area contributed by atoms with E-state index in [4.69, 9.17) is 0 Å². The van der Waals surface area contributed by atoms with Gasteiger partial charge in [-0.25, -0.2) is 4.98 Å². The molecule has 1 aliphatic carbocycles. The summed E-state index contributed by atoms with van der Waals surface area (Å²) in [5, 5.41) is 3.46. The molecule has 0 atom stereocenters. The molecule has 0 aromatic carbocycles. The van der Waals surface area contributed by atoms with E-state index in [1.54, 1.807) is 16.8 Å². The second-order valence-electron chi connectivity index (χ2n) is 4.59. The van der Waals surface area contributed by atoms with Crippen LogP contribution in [0.3, 0.4) is 0 Å². The second kappa shape index (κ2) is 4.63. The molecule has 0 saturated carbocycles. The highest BCUT2D eigenvalue weighted by atomic mass is 32.1. The van der Waals surface area contributed by atoms with Crippen molar-refractivity contribution in [3.05, 3.63) is 39.1 Å². The van der Waals surface area contributed by atoms with E-state index in [1.165, 1.54) is 24.1 Å². The molecule has 17 heavy (non-hydrogen) atoms. The molecule has 0 amide bonds. The Kier molecular flexibility index (Phi) is 2.99. The molecule has 0 fully saturated rings. The molecule has 3 rings (SSSR count). The number of nitrogens with one attached hydrogen (secondary N) is 2. The Balaban J connectivity index is 1.56. The Labute approximate surface area is 105 Å². The summed E-state index contributed by atoms with van der Waals surface area (Å²) in [6.45, 7) is 3.87. The first-order valence-corrected chi connectivity index (χ1v) is 6.94. The van der Waals surface area contributed by atoms with E-state index in [2.05, 4.69) is 28.3 Å². The minimum absolute atomic E-state index is 0.845. The molecule has 90 valence electrons. The van der Waals surface area contributed by atoms with Crippen LogP contribution < -0.4 is 5.32 Å². The monoisotopic (exact) mass is 247 g/mol. The Bertz CT molecular complexity index is 491. The van der Waals surface area contributed by atoms with Gasteiger partial charge in [-0.15, -0.1) is 11.3 Å². The molecular formula is C13H17N3S. The van der Waals surface area contributed by atoms with Gasteiger partial charge in [-0.05, 0) is 37.8 Å². The van der Waals surface area contributed by atoms with Crippen molar-refractivity contribution in [3.8, 4) is 0 Å². The number of aryl methyl sites for hydroxylation is 3. The summed E-state index contributed by atoms with van der Waals surface area (Å²) >= 11 is 1.97. The largest absolute Gasteiger partial charge is 0.348 e. The normalized spacial score (nSPS) is 14.2. The highest BCUT2D eigenvalue weighted by Crippen LogP contribution is 2.30. The topological polar surface area (TPSA) is 40.7 Å². The first-order chi connectivity index (χ1) is 8.33. The lowest BCUT2D eigenvalue weighted by Gasteiger charge is -2.01. The second-order valence-corrected chi connectivity index (χ2v) is 5.81. The quantitative estimate of drug-likeness (QED) is 0.871. The number of aromatic nitrogens is 2. The predicted octanol–water partition coefficient (Wildman–Crippen LogP) is 2.56. The van der Waals surface area contributed by atoms with Crippen molar-refractivity contribution in [1.29, 1.82) is 0 Å². The van der Waals surface area contributed by atoms with E-state index in [-0.39, 0.29) is 0 Å². The lowest BCUT2D eigenvalue weighted by atomic mass is 10.2. The van der Waals surface area contributed by atoms with Crippen LogP contribution in [0.2, 0.25) is 0 Å². The number of hydrogen-bond donors (Lipinski definition) is 2. The molecule has 2 aromatic rings. The molecule has 0 unspecified atom stereocenters. The van der Waals surface area contributed by atoms with Crippen molar-refractivity contribution in [2.75, 3.05) is 0 Å². The van der Waals surface area contributed by atoms with Crippen LogP contribution in [0.4, 0.5) is 0 Å². The number of H-pyrrole nitrogens is 1. The number of thiophene rings is 1. The standard InChI is InChI=1S/C13H17N3S/c1-9-12(16-8-15-9)7-14-6-11-5-10-3-2-4-13(10)17-11/h5,8,14H,2-4,6-7H2,1H3,(H,15,16). The predicted molar refractivity (Wildman–Crippen MR) is 70.2 cm³/mol. The maximum atomic E-state index is 4.28. The van der Waals surface area contributed by atoms with Crippen molar-refractivity contribution < 1.29 is 0 Å². The van der Waals surface area contributed by atoms with Gasteiger partial charge in [0.1, 0.15) is 0 Å². The Morgan fingerprint density at radius 3 is 3.12 bits per heavy atom. The van der Waals surface area contributed by atoms with E-state index in [0.717, 1.165) is 24.5 Å². The molecule has 2 N–H and O–H groups in total. The smallest absolute Gasteiger partial charge is 0.0925 e. The third-order valence-corrected chi connectivity index (χ3v) is 4.56. The molecule has 3 nitrogen and oxygen atoms in total. The first-order valence-electron chi connectivity index (χ1n) is 6.13. The van der Waals surface area contributed by atoms with E-state index in [0.29, 0.717) is 0 Å². The zero-order chi connectivity index (χ0) is 11.7. The van der Waals surface area contributed by atoms with Gasteiger partial charge < -0.3 is 10.3 Å². The van der Waals surface area contributed by atoms with Crippen LogP contribution in [-0.2, 0) is 25.9 Å². The fourth-order valence-corrected chi connectivity index (χ4v) is 3.58. The van der Waals surface area contributed by atoms with Crippen LogP contribution in [0, 0.1) is 6.92 Å². The van der Waals surface area contributed by atoms with Gasteiger partial charge in [-0.1, -0.05) is 0 Å². The number of hydrogen-bond acceptors (Lipinski definition) is 3. The summed E-state index contributed by atoms with van der Waals surface area (Å²) in [4.78, 5) is 10.5. The van der Waals surface area contributed by atoms with Gasteiger partial charge in [0.05, 0.1) is 12.0 Å². The minimum atomic E-state index is 0.845. The van der Waals surface area contributed by atoms with Crippen LogP contribution in [0.5, 0.6) is 0 Å². The molecule has 0 aliphatic heterocycles. The number of rotatable bonds is 4. The van der Waals surface area contributed by atoms with Gasteiger partial charge in [0.15, 0.2) is 0 Å². The van der Waals surface area contributed by atoms with Gasteiger partial charge in [0.2, 0.25) is 0 Å². The molecule has 0 saturated heterocycles. The first kappa shape index (κ1) is 11.0. The van der Waals surface area contributed by atoms with Crippen LogP contribution in [-0.4, -0.2) is 9.97 Å². The van der Waals surface area contributed by atoms with Gasteiger partial charge in [0.25, 0.3) is 0 Å². The van der Waals surface area contributed by atoms with Crippen molar-refractivity contribution >= 4 is 11.3 Å². The fourth-order valence-electron chi connectivity index (χ4n) is 2.35. The highest BCUT2D eigenvalue weighted by Gasteiger charge is 2.14. The maximum Gasteiger partial charge on any atom is 0.0925 e. The molecule has 1 aliphatic rings. The average Bonchev–Trinajstić information content (AvgIpc) is 2.95. The number of imidazole rings is 1. The molecule has 2 aromatic heterocycles. The van der Waals surface area contributed by atoms with E-state index < -0.39 is 0 Å². The van der Waals surface area contributed by atoms with Crippen molar-refractivity contribution in [2.45, 2.75) is 39.3 Å². The summed E-state index contributed by atoms with van der Waals surface area (Å²) < 4.78 is 0. The maximum absolute atomic E-state index is 4.28. The summed E-state index contributed by atoms with van der Waals surface area (Å²) in [5.74, 6) is 0. The minimum Gasteiger partial charge on any atom is -0.348 e. The van der Waals surface area contributed by atoms with Crippen LogP contribution in [0.25, 0.3) is 0 Å². The third kappa shape index (κ3) is 2.28. The number of aromatic amines is 1. The van der Waals surface area contributed by atoms with E-state index in [9.17, 15) is 0 Å². The summed E-state index contributed by atoms with van der Waals surface area (Å²) in [5.41, 5.74) is 3.86. The van der Waals surface area contributed by atoms with Gasteiger partial charge in [-0.2, -0.15) is 0 Å². The average molecular weight is 247 g/mol. The van der Waals surface area contributed by atoms with Gasteiger partial charge in [-0.3, -0.25) is 0 Å². The van der Waals surface area contributed by atoms with Crippen molar-refractivity contribution in [3.63, 3.8) is 0 Å². The summed E-state index contributed by atoms with van der Waals surface area (Å²) in [6, 6.07) is 2.37. The summed E-state index contributed by atoms with van der Waals surface area (Å²) in [7, 11) is 0. The molecule has 2 heterocycles. The van der Waals surface area contributed by atoms with Crippen LogP contribution in [0.15, 0.2) is 12.4 Å². The third-order valence-electron chi connectivity index (χ3n) is 3.32. The lowest BCUT2D eigenvalue weighted by molar-refractivity contribution is 0.685. The Hall–Kier alpha value is -1.13. The highest BCUT2D eigenvalue weighted by molar-refractivity contribution is 7.12. The van der Waals surface area contributed by atoms with E-state index >= 15 is 0 Å². The Morgan fingerprint density at radius 1 is 1.41 bits per heavy atom.